The minimum Gasteiger partial charge on any atom is -0.456 e. The number of benzene rings is 26. The Balaban J connectivity index is 0.000000102. The Labute approximate surface area is 792 Å². The fourth-order valence-corrected chi connectivity index (χ4v) is 22.5. The van der Waals surface area contributed by atoms with E-state index < -0.39 is 0 Å². The first-order valence-electron chi connectivity index (χ1n) is 47.4. The molecule has 30 rings (SSSR count). The van der Waals surface area contributed by atoms with Gasteiger partial charge in [-0.3, -0.25) is 0 Å². The fourth-order valence-electron chi connectivity index (χ4n) is 22.5. The Morgan fingerprint density at radius 2 is 0.341 bits per heavy atom. The van der Waals surface area contributed by atoms with Gasteiger partial charge >= 0.3 is 0 Å². The number of rotatable bonds is 8. The lowest BCUT2D eigenvalue weighted by Crippen LogP contribution is -1.91. The predicted molar refractivity (Wildman–Crippen MR) is 584 cm³/mol. The van der Waals surface area contributed by atoms with Gasteiger partial charge in [0.25, 0.3) is 0 Å². The summed E-state index contributed by atoms with van der Waals surface area (Å²) in [4.78, 5) is 0. The van der Waals surface area contributed by atoms with Crippen LogP contribution in [0.5, 0.6) is 0 Å². The third-order valence-electron chi connectivity index (χ3n) is 28.9. The van der Waals surface area contributed by atoms with E-state index in [2.05, 4.69) is 485 Å². The highest BCUT2D eigenvalue weighted by atomic mass is 16.3. The van der Waals surface area contributed by atoms with Crippen LogP contribution < -0.4 is 0 Å². The highest BCUT2D eigenvalue weighted by Gasteiger charge is 2.25. The smallest absolute Gasteiger partial charge is 0.143 e. The molecule has 30 aromatic rings. The van der Waals surface area contributed by atoms with Crippen LogP contribution >= 0.6 is 0 Å². The van der Waals surface area contributed by atoms with Crippen LogP contribution in [0.4, 0.5) is 0 Å². The van der Waals surface area contributed by atoms with Crippen LogP contribution in [-0.2, 0) is 0 Å². The molecular weight excluding hydrogens is 1670 g/mol. The van der Waals surface area contributed by atoms with E-state index in [1.807, 2.05) is 0 Å². The molecular formula is C134H80O4. The Morgan fingerprint density at radius 3 is 0.710 bits per heavy atom. The molecule has 26 aromatic carbocycles. The Morgan fingerprint density at radius 1 is 0.101 bits per heavy atom. The number of fused-ring (bicyclic) bond motifs is 24. The van der Waals surface area contributed by atoms with E-state index in [0.717, 1.165) is 93.1 Å². The van der Waals surface area contributed by atoms with Crippen molar-refractivity contribution >= 4 is 206 Å². The zero-order chi connectivity index (χ0) is 90.6. The average Bonchev–Trinajstić information content (AvgIpc) is 1.08. The van der Waals surface area contributed by atoms with Gasteiger partial charge in [0.1, 0.15) is 44.7 Å². The van der Waals surface area contributed by atoms with Crippen molar-refractivity contribution in [2.24, 2.45) is 0 Å². The lowest BCUT2D eigenvalue weighted by Gasteiger charge is -2.19. The molecule has 4 nitrogen and oxygen atoms in total. The molecule has 0 aliphatic heterocycles. The average molecular weight is 1750 g/mol. The quantitative estimate of drug-likeness (QED) is 0.142. The van der Waals surface area contributed by atoms with E-state index in [1.54, 1.807) is 0 Å². The minimum absolute atomic E-state index is 0.905. The van der Waals surface area contributed by atoms with Crippen molar-refractivity contribution in [3.05, 3.63) is 485 Å². The summed E-state index contributed by atoms with van der Waals surface area (Å²) >= 11 is 0. The molecule has 0 radical (unpaired) electrons. The highest BCUT2D eigenvalue weighted by molar-refractivity contribution is 6.28. The minimum atomic E-state index is 0.905. The maximum atomic E-state index is 6.48. The Hall–Kier alpha value is -18.2. The molecule has 4 heterocycles. The van der Waals surface area contributed by atoms with Gasteiger partial charge in [0.15, 0.2) is 0 Å². The van der Waals surface area contributed by atoms with E-state index in [1.165, 1.54) is 202 Å². The van der Waals surface area contributed by atoms with Crippen LogP contribution in [0.1, 0.15) is 0 Å². The van der Waals surface area contributed by atoms with Gasteiger partial charge < -0.3 is 17.7 Å². The van der Waals surface area contributed by atoms with Crippen LogP contribution in [0.25, 0.3) is 295 Å². The molecule has 0 amide bonds. The summed E-state index contributed by atoms with van der Waals surface area (Å²) in [5.41, 5.74) is 27.0. The summed E-state index contributed by atoms with van der Waals surface area (Å²) in [6.07, 6.45) is 0. The first-order valence-corrected chi connectivity index (χ1v) is 47.4. The third-order valence-corrected chi connectivity index (χ3v) is 28.9. The van der Waals surface area contributed by atoms with Crippen molar-refractivity contribution < 1.29 is 17.7 Å². The molecule has 0 saturated carbocycles. The van der Waals surface area contributed by atoms with Gasteiger partial charge in [0, 0.05) is 48.5 Å². The fraction of sp³-hybridized carbons (Fsp3) is 0. The van der Waals surface area contributed by atoms with Gasteiger partial charge in [-0.2, -0.15) is 0 Å². The first-order chi connectivity index (χ1) is 68.4. The molecule has 0 bridgehead atoms. The number of hydrogen-bond acceptors (Lipinski definition) is 4. The number of furan rings is 4. The van der Waals surface area contributed by atoms with Crippen molar-refractivity contribution in [3.8, 4) is 89.0 Å². The van der Waals surface area contributed by atoms with E-state index >= 15 is 0 Å². The first kappa shape index (κ1) is 78.4. The zero-order valence-electron chi connectivity index (χ0n) is 74.8. The van der Waals surface area contributed by atoms with Crippen molar-refractivity contribution in [1.82, 2.24) is 0 Å². The second-order valence-corrected chi connectivity index (χ2v) is 36.6. The normalized spacial score (nSPS) is 11.9. The molecule has 0 aliphatic rings. The molecule has 4 heteroatoms. The second-order valence-electron chi connectivity index (χ2n) is 36.6. The van der Waals surface area contributed by atoms with E-state index in [0.29, 0.717) is 0 Å². The van der Waals surface area contributed by atoms with Crippen LogP contribution in [0.3, 0.4) is 0 Å². The van der Waals surface area contributed by atoms with Crippen molar-refractivity contribution in [1.29, 1.82) is 0 Å². The SMILES string of the molecule is c1ccc(-c2c3ccccc3c(-c3ccc(-c4ccc5oc6cc7ccccc7cc6c5c4)cc3)c3ccccc23)cc1.c1ccc2cc3c(cc2c1)oc1ccc(-c2c4ccccc4c(-c4ccc5oc6c7ccccc7ccc6c5c4)c4ccccc24)cc13.c1ccc2cc3c(cc2c1)oc1ccc(-c2ccc(-c4c5ccccc5c(-c5cccc6ccccc56)c5ccccc45)cc2)cc13. The molecule has 4 aromatic heterocycles. The summed E-state index contributed by atoms with van der Waals surface area (Å²) in [6.45, 7) is 0. The molecule has 0 fully saturated rings. The van der Waals surface area contributed by atoms with Gasteiger partial charge in [0.2, 0.25) is 0 Å². The molecule has 0 aliphatic carbocycles. The van der Waals surface area contributed by atoms with Crippen LogP contribution in [-0.4, -0.2) is 0 Å². The van der Waals surface area contributed by atoms with E-state index in [-0.39, 0.29) is 0 Å². The van der Waals surface area contributed by atoms with E-state index in [4.69, 9.17) is 17.7 Å². The van der Waals surface area contributed by atoms with Gasteiger partial charge in [0.05, 0.1) is 0 Å². The summed E-state index contributed by atoms with van der Waals surface area (Å²) in [6, 6.07) is 175. The topological polar surface area (TPSA) is 52.6 Å². The molecule has 138 heavy (non-hydrogen) atoms. The summed E-state index contributed by atoms with van der Waals surface area (Å²) < 4.78 is 25.4. The highest BCUT2D eigenvalue weighted by Crippen LogP contribution is 2.52. The van der Waals surface area contributed by atoms with Crippen molar-refractivity contribution in [2.75, 3.05) is 0 Å². The summed E-state index contributed by atoms with van der Waals surface area (Å²) in [5, 5.41) is 36.3. The van der Waals surface area contributed by atoms with Gasteiger partial charge in [-0.15, -0.1) is 0 Å². The molecule has 0 atom stereocenters. The lowest BCUT2D eigenvalue weighted by atomic mass is 9.84. The molecule has 0 saturated heterocycles. The second kappa shape index (κ2) is 31.8. The van der Waals surface area contributed by atoms with Crippen LogP contribution in [0.2, 0.25) is 0 Å². The van der Waals surface area contributed by atoms with Crippen LogP contribution in [0.15, 0.2) is 503 Å². The monoisotopic (exact) mass is 1750 g/mol. The van der Waals surface area contributed by atoms with Gasteiger partial charge in [-0.25, -0.2) is 0 Å². The summed E-state index contributed by atoms with van der Waals surface area (Å²) in [7, 11) is 0. The third kappa shape index (κ3) is 12.8. The molecule has 0 unspecified atom stereocenters. The lowest BCUT2D eigenvalue weighted by molar-refractivity contribution is 0.669. The Kier molecular flexibility index (Phi) is 18.1. The largest absolute Gasteiger partial charge is 0.456 e. The van der Waals surface area contributed by atoms with Crippen molar-refractivity contribution in [3.63, 3.8) is 0 Å². The molecule has 0 N–H and O–H groups in total. The number of hydrogen-bond donors (Lipinski definition) is 0. The maximum Gasteiger partial charge on any atom is 0.143 e. The van der Waals surface area contributed by atoms with Crippen LogP contribution in [0, 0.1) is 0 Å². The van der Waals surface area contributed by atoms with Gasteiger partial charge in [-0.05, 0) is 293 Å². The zero-order valence-corrected chi connectivity index (χ0v) is 74.8. The standard InChI is InChI=1S/C46H26O2.C46H28O.C42H26O/c1-2-11-29-26-43-40(23-28(29)10-1)39-25-31(18-21-41(39)47-43)45-35-15-7-5-13-33(35)44(34-14-6-8-16-36(34)45)30-19-22-42-38(24-30)37-20-17-27-9-3-4-12-32(27)46(37)48-42;1-2-12-33-28-44-42(26-32(33)11-1)41-27-34(24-25-43(41)47-44)29-20-22-31(23-21-29)45-37-15-5-7-17-39(37)46(40-18-8-6-16-38(40)45)36-19-9-13-30-10-3-4-14-35(30)36;1-2-10-28(11-3-1)41-33-14-6-8-16-35(33)42(36-17-9-7-15-34(36)41)29-20-18-27(19-21-29)32-22-23-39-37(25-32)38-24-30-12-4-5-13-31(30)26-40(38)43-39/h1-26H;1-28H;1-26H. The van der Waals surface area contributed by atoms with Gasteiger partial charge in [-0.1, -0.05) is 394 Å². The Bertz CT molecular complexity index is 10000. The molecule has 640 valence electrons. The van der Waals surface area contributed by atoms with E-state index in [9.17, 15) is 0 Å². The van der Waals surface area contributed by atoms with Crippen molar-refractivity contribution in [2.45, 2.75) is 0 Å². The summed E-state index contributed by atoms with van der Waals surface area (Å²) in [5.74, 6) is 0. The molecule has 0 spiro atoms. The predicted octanol–water partition coefficient (Wildman–Crippen LogP) is 38.7. The maximum absolute atomic E-state index is 6.48.